The Balaban J connectivity index is 1.15. The molecule has 0 spiro atoms. The summed E-state index contributed by atoms with van der Waals surface area (Å²) in [5.41, 5.74) is 9.82. The van der Waals surface area contributed by atoms with Crippen LogP contribution in [-0.4, -0.2) is 35.7 Å². The van der Waals surface area contributed by atoms with Gasteiger partial charge in [-0.1, -0.05) is 115 Å². The Morgan fingerprint density at radius 3 is 1.37 bits per heavy atom. The number of hydrogen-bond donors (Lipinski definition) is 7. The van der Waals surface area contributed by atoms with Gasteiger partial charge in [0.25, 0.3) is 0 Å². The first-order valence-electron chi connectivity index (χ1n) is 17.1. The standard InChI is InChI=1S/C45H30O7/c46-39-36(40(47)41(48)38-37(39)42(49)44(51)45(52)43(38)50)22-15-13-21(14-16-22)34-27-9-3-5-11-29(27)35(30-12-6-4-10-28(30)34)23-17-18-26-24-7-1-2-8-25(24)32-20-33(32)31(26)19-23/h1-19,32-33,46-52H,20H2. The smallest absolute Gasteiger partial charge is 0.205 e. The van der Waals surface area contributed by atoms with E-state index in [0.717, 1.165) is 32.7 Å². The maximum Gasteiger partial charge on any atom is 0.205 e. The van der Waals surface area contributed by atoms with E-state index in [1.54, 1.807) is 12.1 Å². The maximum atomic E-state index is 11.2. The highest BCUT2D eigenvalue weighted by Crippen LogP contribution is 2.63. The van der Waals surface area contributed by atoms with Crippen molar-refractivity contribution < 1.29 is 35.7 Å². The lowest BCUT2D eigenvalue weighted by molar-refractivity contribution is 0.347. The van der Waals surface area contributed by atoms with Crippen molar-refractivity contribution in [2.24, 2.45) is 0 Å². The van der Waals surface area contributed by atoms with Crippen LogP contribution in [0.3, 0.4) is 0 Å². The normalized spacial score (nSPS) is 15.8. The number of fused-ring (bicyclic) bond motifs is 9. The first kappa shape index (κ1) is 30.0. The minimum Gasteiger partial charge on any atom is -0.506 e. The van der Waals surface area contributed by atoms with Crippen LogP contribution in [0.4, 0.5) is 0 Å². The van der Waals surface area contributed by atoms with Crippen molar-refractivity contribution in [1.82, 2.24) is 0 Å². The number of benzene rings is 8. The van der Waals surface area contributed by atoms with Gasteiger partial charge in [0, 0.05) is 0 Å². The third-order valence-corrected chi connectivity index (χ3v) is 11.1. The van der Waals surface area contributed by atoms with E-state index in [1.165, 1.54) is 39.8 Å². The summed E-state index contributed by atoms with van der Waals surface area (Å²) >= 11 is 0. The van der Waals surface area contributed by atoms with Crippen molar-refractivity contribution in [1.29, 1.82) is 0 Å². The van der Waals surface area contributed by atoms with Crippen LogP contribution in [-0.2, 0) is 0 Å². The number of aromatic hydroxyl groups is 7. The molecule has 2 unspecified atom stereocenters. The molecule has 8 aromatic rings. The molecule has 2 atom stereocenters. The van der Waals surface area contributed by atoms with Crippen LogP contribution in [0.15, 0.2) is 115 Å². The summed E-state index contributed by atoms with van der Waals surface area (Å²) in [6.07, 6.45) is 1.17. The number of phenols is 7. The fraction of sp³-hybridized carbons (Fsp3) is 0.0667. The number of hydrogen-bond acceptors (Lipinski definition) is 7. The predicted octanol–water partition coefficient (Wildman–Crippen LogP) is 10.3. The molecule has 1 saturated carbocycles. The van der Waals surface area contributed by atoms with Crippen molar-refractivity contribution in [2.75, 3.05) is 0 Å². The Bertz CT molecular complexity index is 2800. The molecule has 0 bridgehead atoms. The molecule has 0 aromatic heterocycles. The zero-order chi connectivity index (χ0) is 35.6. The van der Waals surface area contributed by atoms with Gasteiger partial charge in [-0.2, -0.15) is 0 Å². The summed E-state index contributed by atoms with van der Waals surface area (Å²) in [5.74, 6) is -5.39. The van der Waals surface area contributed by atoms with E-state index in [0.29, 0.717) is 17.4 Å². The molecule has 7 N–H and O–H groups in total. The first-order chi connectivity index (χ1) is 25.2. The lowest BCUT2D eigenvalue weighted by Gasteiger charge is -2.22. The highest BCUT2D eigenvalue weighted by atomic mass is 16.3. The van der Waals surface area contributed by atoms with Gasteiger partial charge in [0.15, 0.2) is 23.0 Å². The lowest BCUT2D eigenvalue weighted by atomic mass is 9.82. The zero-order valence-corrected chi connectivity index (χ0v) is 27.5. The average molecular weight is 683 g/mol. The highest BCUT2D eigenvalue weighted by Gasteiger charge is 2.45. The molecular formula is C45H30O7. The minimum atomic E-state index is -1.10. The molecule has 10 rings (SSSR count). The molecule has 7 heteroatoms. The highest BCUT2D eigenvalue weighted by molar-refractivity contribution is 6.21. The van der Waals surface area contributed by atoms with Crippen LogP contribution in [0.25, 0.3) is 76.8 Å². The molecular weight excluding hydrogens is 652 g/mol. The van der Waals surface area contributed by atoms with Gasteiger partial charge >= 0.3 is 0 Å². The Kier molecular flexibility index (Phi) is 6.10. The Morgan fingerprint density at radius 2 is 0.769 bits per heavy atom. The Hall–Kier alpha value is -6.86. The molecule has 0 heterocycles. The fourth-order valence-electron chi connectivity index (χ4n) is 8.68. The van der Waals surface area contributed by atoms with Crippen molar-refractivity contribution >= 4 is 32.3 Å². The topological polar surface area (TPSA) is 142 Å². The van der Waals surface area contributed by atoms with E-state index in [9.17, 15) is 35.7 Å². The summed E-state index contributed by atoms with van der Waals surface area (Å²) in [6.45, 7) is 0. The van der Waals surface area contributed by atoms with E-state index < -0.39 is 51.0 Å². The van der Waals surface area contributed by atoms with E-state index in [-0.39, 0.29) is 5.56 Å². The number of phenolic OH excluding ortho intramolecular Hbond substituents is 7. The van der Waals surface area contributed by atoms with Gasteiger partial charge in [-0.15, -0.1) is 0 Å². The quantitative estimate of drug-likeness (QED) is 0.0558. The van der Waals surface area contributed by atoms with Crippen molar-refractivity contribution in [3.05, 3.63) is 126 Å². The molecule has 0 saturated heterocycles. The van der Waals surface area contributed by atoms with Gasteiger partial charge in [0.05, 0.1) is 16.3 Å². The van der Waals surface area contributed by atoms with Gasteiger partial charge < -0.3 is 35.7 Å². The summed E-state index contributed by atoms with van der Waals surface area (Å²) in [5, 5.41) is 77.4. The molecule has 0 amide bonds. The zero-order valence-electron chi connectivity index (χ0n) is 27.5. The van der Waals surface area contributed by atoms with Gasteiger partial charge in [-0.3, -0.25) is 0 Å². The fourth-order valence-corrected chi connectivity index (χ4v) is 8.68. The van der Waals surface area contributed by atoms with E-state index >= 15 is 0 Å². The van der Waals surface area contributed by atoms with Crippen LogP contribution in [0, 0.1) is 0 Å². The van der Waals surface area contributed by atoms with Gasteiger partial charge in [0.2, 0.25) is 11.5 Å². The summed E-state index contributed by atoms with van der Waals surface area (Å²) in [7, 11) is 0. The molecule has 1 fully saturated rings. The minimum absolute atomic E-state index is 0.227. The van der Waals surface area contributed by atoms with Gasteiger partial charge in [-0.05, 0) is 89.9 Å². The number of rotatable bonds is 3. The molecule has 2 aliphatic carbocycles. The average Bonchev–Trinajstić information content (AvgIpc) is 3.99. The van der Waals surface area contributed by atoms with Crippen LogP contribution in [0.2, 0.25) is 0 Å². The third-order valence-electron chi connectivity index (χ3n) is 11.1. The van der Waals surface area contributed by atoms with Crippen LogP contribution in [0.1, 0.15) is 29.4 Å². The second-order valence-electron chi connectivity index (χ2n) is 13.8. The molecule has 8 aromatic carbocycles. The second-order valence-corrected chi connectivity index (χ2v) is 13.8. The predicted molar refractivity (Wildman–Crippen MR) is 202 cm³/mol. The molecule has 0 radical (unpaired) electrons. The Labute approximate surface area is 296 Å². The van der Waals surface area contributed by atoms with Crippen LogP contribution in [0.5, 0.6) is 40.2 Å². The maximum absolute atomic E-state index is 11.2. The van der Waals surface area contributed by atoms with Gasteiger partial charge in [0.1, 0.15) is 5.75 Å². The second kappa shape index (κ2) is 10.6. The Morgan fingerprint density at radius 1 is 0.346 bits per heavy atom. The summed E-state index contributed by atoms with van der Waals surface area (Å²) in [4.78, 5) is 0. The summed E-state index contributed by atoms with van der Waals surface area (Å²) < 4.78 is 0. The molecule has 0 aliphatic heterocycles. The van der Waals surface area contributed by atoms with Gasteiger partial charge in [-0.25, -0.2) is 0 Å². The summed E-state index contributed by atoms with van der Waals surface area (Å²) in [6, 6.07) is 39.5. The van der Waals surface area contributed by atoms with Crippen LogP contribution < -0.4 is 0 Å². The molecule has 7 nitrogen and oxygen atoms in total. The van der Waals surface area contributed by atoms with E-state index in [2.05, 4.69) is 78.9 Å². The molecule has 252 valence electrons. The van der Waals surface area contributed by atoms with E-state index in [1.807, 2.05) is 24.3 Å². The third kappa shape index (κ3) is 3.96. The molecule has 52 heavy (non-hydrogen) atoms. The SMILES string of the molecule is Oc1c(O)c(O)c2c(O)c(-c3ccc(-c4c5ccccc5c(-c5ccc6c(c5)C5CC5c5ccccc5-6)c5ccccc45)cc3)c(O)c(O)c2c1O. The van der Waals surface area contributed by atoms with Crippen LogP contribution >= 0.6 is 0 Å². The first-order valence-corrected chi connectivity index (χ1v) is 17.1. The van der Waals surface area contributed by atoms with Crippen molar-refractivity contribution in [3.8, 4) is 84.8 Å². The van der Waals surface area contributed by atoms with Crippen molar-refractivity contribution in [3.63, 3.8) is 0 Å². The molecule has 2 aliphatic rings. The largest absolute Gasteiger partial charge is 0.506 e. The lowest BCUT2D eigenvalue weighted by Crippen LogP contribution is -2.00. The van der Waals surface area contributed by atoms with Crippen molar-refractivity contribution in [2.45, 2.75) is 18.3 Å². The monoisotopic (exact) mass is 682 g/mol. The van der Waals surface area contributed by atoms with E-state index in [4.69, 9.17) is 0 Å².